The first-order valence-electron chi connectivity index (χ1n) is 7.78. The van der Waals surface area contributed by atoms with Crippen LogP contribution in [0.3, 0.4) is 0 Å². The van der Waals surface area contributed by atoms with Gasteiger partial charge in [-0.15, -0.1) is 0 Å². The Labute approximate surface area is 142 Å². The first-order valence-corrected chi connectivity index (χ1v) is 7.78. The smallest absolute Gasteiger partial charge is 0.185 e. The third kappa shape index (κ3) is 3.79. The van der Waals surface area contributed by atoms with Gasteiger partial charge in [-0.2, -0.15) is 0 Å². The molecule has 0 fully saturated rings. The third-order valence-corrected chi connectivity index (χ3v) is 3.80. The lowest BCUT2D eigenvalue weighted by Gasteiger charge is -2.03. The topological polar surface area (TPSA) is 26.3 Å². The van der Waals surface area contributed by atoms with Gasteiger partial charge in [-0.3, -0.25) is 4.79 Å². The van der Waals surface area contributed by atoms with E-state index in [0.717, 1.165) is 22.4 Å². The number of hydrogen-bond acceptors (Lipinski definition) is 2. The highest BCUT2D eigenvalue weighted by atomic mass is 16.5. The number of methoxy groups -OCH3 is 1. The van der Waals surface area contributed by atoms with E-state index in [2.05, 4.69) is 0 Å². The molecule has 2 heteroatoms. The van der Waals surface area contributed by atoms with Crippen molar-refractivity contribution in [2.45, 2.75) is 0 Å². The molecule has 0 amide bonds. The van der Waals surface area contributed by atoms with Crippen molar-refractivity contribution in [3.63, 3.8) is 0 Å². The molecule has 0 bridgehead atoms. The van der Waals surface area contributed by atoms with Crippen LogP contribution in [0.1, 0.15) is 15.9 Å². The largest absolute Gasteiger partial charge is 0.497 e. The number of carbonyl (C=O) groups excluding carboxylic acids is 1. The predicted octanol–water partition coefficient (Wildman–Crippen LogP) is 5.26. The van der Waals surface area contributed by atoms with Crippen molar-refractivity contribution in [2.75, 3.05) is 7.11 Å². The zero-order valence-corrected chi connectivity index (χ0v) is 13.5. The van der Waals surface area contributed by atoms with Gasteiger partial charge in [-0.25, -0.2) is 0 Å². The molecule has 3 rings (SSSR count). The number of allylic oxidation sites excluding steroid dienone is 1. The van der Waals surface area contributed by atoms with Crippen molar-refractivity contribution >= 4 is 11.9 Å². The fourth-order valence-corrected chi connectivity index (χ4v) is 2.47. The van der Waals surface area contributed by atoms with Gasteiger partial charge in [0.1, 0.15) is 5.75 Å². The molecule has 3 aromatic rings. The SMILES string of the molecule is COc1ccc(/C=C/C(=O)c2cccc(-c3ccccc3)c2)cc1. The Morgan fingerprint density at radius 2 is 1.54 bits per heavy atom. The average Bonchev–Trinajstić information content (AvgIpc) is 2.67. The van der Waals surface area contributed by atoms with Crippen LogP contribution >= 0.6 is 0 Å². The molecule has 0 N–H and O–H groups in total. The van der Waals surface area contributed by atoms with Crippen LogP contribution in [0.25, 0.3) is 17.2 Å². The van der Waals surface area contributed by atoms with Gasteiger partial charge in [0.05, 0.1) is 7.11 Å². The number of benzene rings is 3. The second-order valence-electron chi connectivity index (χ2n) is 5.42. The Balaban J connectivity index is 1.78. The van der Waals surface area contributed by atoms with Crippen LogP contribution in [-0.2, 0) is 0 Å². The Morgan fingerprint density at radius 1 is 0.833 bits per heavy atom. The molecule has 118 valence electrons. The van der Waals surface area contributed by atoms with Crippen molar-refractivity contribution in [3.8, 4) is 16.9 Å². The summed E-state index contributed by atoms with van der Waals surface area (Å²) in [5.41, 5.74) is 3.79. The fourth-order valence-electron chi connectivity index (χ4n) is 2.47. The molecule has 0 heterocycles. The second kappa shape index (κ2) is 7.42. The second-order valence-corrected chi connectivity index (χ2v) is 5.42. The van der Waals surface area contributed by atoms with Crippen LogP contribution in [0.5, 0.6) is 5.75 Å². The van der Waals surface area contributed by atoms with E-state index in [1.807, 2.05) is 84.9 Å². The van der Waals surface area contributed by atoms with E-state index in [0.29, 0.717) is 5.56 Å². The molecule has 0 atom stereocenters. The highest BCUT2D eigenvalue weighted by Crippen LogP contribution is 2.20. The van der Waals surface area contributed by atoms with Crippen LogP contribution < -0.4 is 4.74 Å². The van der Waals surface area contributed by atoms with Crippen molar-refractivity contribution in [2.24, 2.45) is 0 Å². The normalized spacial score (nSPS) is 10.7. The van der Waals surface area contributed by atoms with Gasteiger partial charge in [0, 0.05) is 5.56 Å². The maximum atomic E-state index is 12.4. The van der Waals surface area contributed by atoms with E-state index in [4.69, 9.17) is 4.74 Å². The lowest BCUT2D eigenvalue weighted by molar-refractivity contribution is 0.104. The fraction of sp³-hybridized carbons (Fsp3) is 0.0455. The number of ether oxygens (including phenoxy) is 1. The van der Waals surface area contributed by atoms with Crippen LogP contribution in [0, 0.1) is 0 Å². The Kier molecular flexibility index (Phi) is 4.87. The number of carbonyl (C=O) groups is 1. The summed E-state index contributed by atoms with van der Waals surface area (Å²) in [5, 5.41) is 0. The molecule has 0 aliphatic heterocycles. The molecular weight excluding hydrogens is 296 g/mol. The van der Waals surface area contributed by atoms with Gasteiger partial charge in [-0.1, -0.05) is 66.7 Å². The first-order chi connectivity index (χ1) is 11.8. The summed E-state index contributed by atoms with van der Waals surface area (Å²) < 4.78 is 5.13. The van der Waals surface area contributed by atoms with Crippen molar-refractivity contribution < 1.29 is 9.53 Å². The Bertz CT molecular complexity index is 847. The molecule has 0 radical (unpaired) electrons. The lowest BCUT2D eigenvalue weighted by atomic mass is 10.0. The minimum absolute atomic E-state index is 0.0106. The highest BCUT2D eigenvalue weighted by molar-refractivity contribution is 6.07. The predicted molar refractivity (Wildman–Crippen MR) is 98.2 cm³/mol. The quantitative estimate of drug-likeness (QED) is 0.474. The summed E-state index contributed by atoms with van der Waals surface area (Å²) in [4.78, 5) is 12.4. The van der Waals surface area contributed by atoms with E-state index in [9.17, 15) is 4.79 Å². The lowest BCUT2D eigenvalue weighted by Crippen LogP contribution is -1.94. The summed E-state index contributed by atoms with van der Waals surface area (Å²) >= 11 is 0. The van der Waals surface area contributed by atoms with Gasteiger partial charge in [0.2, 0.25) is 0 Å². The maximum Gasteiger partial charge on any atom is 0.185 e. The molecule has 3 aromatic carbocycles. The van der Waals surface area contributed by atoms with Gasteiger partial charge in [0.25, 0.3) is 0 Å². The van der Waals surface area contributed by atoms with E-state index >= 15 is 0 Å². The minimum Gasteiger partial charge on any atom is -0.497 e. The molecule has 0 unspecified atom stereocenters. The van der Waals surface area contributed by atoms with Gasteiger partial charge in [0.15, 0.2) is 5.78 Å². The molecule has 2 nitrogen and oxygen atoms in total. The average molecular weight is 314 g/mol. The van der Waals surface area contributed by atoms with Crippen LogP contribution in [0.2, 0.25) is 0 Å². The van der Waals surface area contributed by atoms with Crippen LogP contribution in [0.15, 0.2) is 84.9 Å². The molecule has 0 saturated heterocycles. The monoisotopic (exact) mass is 314 g/mol. The minimum atomic E-state index is -0.0106. The first kappa shape index (κ1) is 15.8. The zero-order valence-electron chi connectivity index (χ0n) is 13.5. The standard InChI is InChI=1S/C22H18O2/c1-24-21-13-10-17(11-14-21)12-15-22(23)20-9-5-8-19(16-20)18-6-3-2-4-7-18/h2-16H,1H3/b15-12+. The summed E-state index contributed by atoms with van der Waals surface area (Å²) in [7, 11) is 1.63. The van der Waals surface area contributed by atoms with Crippen LogP contribution in [-0.4, -0.2) is 12.9 Å². The Hall–Kier alpha value is -3.13. The van der Waals surface area contributed by atoms with Crippen molar-refractivity contribution in [1.82, 2.24) is 0 Å². The zero-order chi connectivity index (χ0) is 16.8. The van der Waals surface area contributed by atoms with Gasteiger partial charge < -0.3 is 4.74 Å². The molecule has 24 heavy (non-hydrogen) atoms. The van der Waals surface area contributed by atoms with Crippen molar-refractivity contribution in [1.29, 1.82) is 0 Å². The van der Waals surface area contributed by atoms with Crippen molar-refractivity contribution in [3.05, 3.63) is 96.1 Å². The molecule has 0 spiro atoms. The molecule has 0 aromatic heterocycles. The summed E-state index contributed by atoms with van der Waals surface area (Å²) in [6.45, 7) is 0. The summed E-state index contributed by atoms with van der Waals surface area (Å²) in [6.07, 6.45) is 3.42. The highest BCUT2D eigenvalue weighted by Gasteiger charge is 2.04. The number of ketones is 1. The van der Waals surface area contributed by atoms with E-state index in [1.54, 1.807) is 13.2 Å². The van der Waals surface area contributed by atoms with E-state index in [-0.39, 0.29) is 5.78 Å². The number of rotatable bonds is 5. The summed E-state index contributed by atoms with van der Waals surface area (Å²) in [5.74, 6) is 0.789. The van der Waals surface area contributed by atoms with E-state index < -0.39 is 0 Å². The summed E-state index contributed by atoms with van der Waals surface area (Å²) in [6, 6.07) is 25.3. The molecule has 0 saturated carbocycles. The van der Waals surface area contributed by atoms with Crippen LogP contribution in [0.4, 0.5) is 0 Å². The molecule has 0 aliphatic carbocycles. The Morgan fingerprint density at radius 3 is 2.25 bits per heavy atom. The molecule has 0 aliphatic rings. The van der Waals surface area contributed by atoms with Gasteiger partial charge >= 0.3 is 0 Å². The van der Waals surface area contributed by atoms with E-state index in [1.165, 1.54) is 0 Å². The third-order valence-electron chi connectivity index (χ3n) is 3.80. The van der Waals surface area contributed by atoms with Gasteiger partial charge in [-0.05, 0) is 41.0 Å². The number of hydrogen-bond donors (Lipinski definition) is 0. The maximum absolute atomic E-state index is 12.4. The molecular formula is C22H18O2.